The van der Waals surface area contributed by atoms with Crippen LogP contribution in [-0.4, -0.2) is 27.4 Å². The Morgan fingerprint density at radius 2 is 2.26 bits per heavy atom. The normalized spacial score (nSPS) is 19.6. The van der Waals surface area contributed by atoms with Crippen LogP contribution in [0.3, 0.4) is 0 Å². The van der Waals surface area contributed by atoms with Gasteiger partial charge in [-0.2, -0.15) is 0 Å². The van der Waals surface area contributed by atoms with Crippen molar-refractivity contribution in [3.63, 3.8) is 0 Å². The molecule has 2 aliphatic rings. The van der Waals surface area contributed by atoms with Crippen LogP contribution in [0.25, 0.3) is 11.0 Å². The Kier molecular flexibility index (Phi) is 4.27. The maximum Gasteiger partial charge on any atom is 0.144 e. The molecule has 0 bridgehead atoms. The summed E-state index contributed by atoms with van der Waals surface area (Å²) in [4.78, 5) is 8.78. The average molecular weight is 384 g/mol. The number of pyridine rings is 1. The second-order valence-electron chi connectivity index (χ2n) is 7.18. The zero-order chi connectivity index (χ0) is 18.4. The monoisotopic (exact) mass is 383 g/mol. The van der Waals surface area contributed by atoms with Gasteiger partial charge in [0.25, 0.3) is 0 Å². The Morgan fingerprint density at radius 1 is 1.33 bits per heavy atom. The first-order chi connectivity index (χ1) is 13.2. The van der Waals surface area contributed by atoms with Crippen molar-refractivity contribution in [2.75, 3.05) is 11.6 Å². The topological polar surface area (TPSA) is 55.2 Å². The fraction of sp³-hybridized carbons (Fsp3) is 0.400. The standard InChI is InChI=1S/C20H22ClN5O/c1-13-24-16-11-22-19(21)9-18(16)25(13)12-14-5-4-6-17-15(14)10-23-26(17)20-7-2-3-8-27-20/h4-6,9,11,20,23H,2-3,7-8,10,12H2,1H3. The van der Waals surface area contributed by atoms with Gasteiger partial charge in [0.05, 0.1) is 17.4 Å². The van der Waals surface area contributed by atoms with Gasteiger partial charge in [-0.05, 0) is 43.4 Å². The number of nitrogens with zero attached hydrogens (tertiary/aromatic N) is 4. The van der Waals surface area contributed by atoms with E-state index in [-0.39, 0.29) is 6.23 Å². The molecule has 3 aromatic rings. The third-order valence-corrected chi connectivity index (χ3v) is 5.70. The predicted molar refractivity (Wildman–Crippen MR) is 106 cm³/mol. The highest BCUT2D eigenvalue weighted by molar-refractivity contribution is 6.29. The summed E-state index contributed by atoms with van der Waals surface area (Å²) in [5, 5.41) is 2.70. The van der Waals surface area contributed by atoms with Crippen LogP contribution in [0.15, 0.2) is 30.5 Å². The molecule has 1 unspecified atom stereocenters. The summed E-state index contributed by atoms with van der Waals surface area (Å²) in [5.41, 5.74) is 9.25. The van der Waals surface area contributed by atoms with Gasteiger partial charge < -0.3 is 9.30 Å². The summed E-state index contributed by atoms with van der Waals surface area (Å²) in [6.07, 6.45) is 5.29. The highest BCUT2D eigenvalue weighted by atomic mass is 35.5. The second kappa shape index (κ2) is 6.78. The minimum Gasteiger partial charge on any atom is -0.357 e. The highest BCUT2D eigenvalue weighted by Gasteiger charge is 2.29. The van der Waals surface area contributed by atoms with Crippen LogP contribution in [0.1, 0.15) is 36.2 Å². The van der Waals surface area contributed by atoms with Gasteiger partial charge in [-0.3, -0.25) is 5.01 Å². The summed E-state index contributed by atoms with van der Waals surface area (Å²) in [5.74, 6) is 0.963. The van der Waals surface area contributed by atoms with Crippen molar-refractivity contribution in [2.24, 2.45) is 0 Å². The molecule has 0 saturated carbocycles. The van der Waals surface area contributed by atoms with Gasteiger partial charge in [0.2, 0.25) is 0 Å². The number of benzene rings is 1. The van der Waals surface area contributed by atoms with E-state index < -0.39 is 0 Å². The molecule has 1 fully saturated rings. The Balaban J connectivity index is 1.50. The first kappa shape index (κ1) is 17.0. The molecule has 1 aromatic carbocycles. The Morgan fingerprint density at radius 3 is 3.11 bits per heavy atom. The smallest absolute Gasteiger partial charge is 0.144 e. The Labute approximate surface area is 163 Å². The van der Waals surface area contributed by atoms with E-state index in [4.69, 9.17) is 16.3 Å². The highest BCUT2D eigenvalue weighted by Crippen LogP contribution is 2.33. The molecule has 0 amide bonds. The molecule has 2 aromatic heterocycles. The van der Waals surface area contributed by atoms with Gasteiger partial charge in [0.15, 0.2) is 0 Å². The summed E-state index contributed by atoms with van der Waals surface area (Å²) < 4.78 is 8.19. The summed E-state index contributed by atoms with van der Waals surface area (Å²) >= 11 is 6.12. The molecule has 0 radical (unpaired) electrons. The van der Waals surface area contributed by atoms with Crippen LogP contribution in [0, 0.1) is 6.92 Å². The van der Waals surface area contributed by atoms with E-state index >= 15 is 0 Å². The minimum atomic E-state index is 0.121. The fourth-order valence-corrected chi connectivity index (χ4v) is 4.28. The lowest BCUT2D eigenvalue weighted by Gasteiger charge is -2.32. The molecule has 27 heavy (non-hydrogen) atoms. The number of hydrogen-bond acceptors (Lipinski definition) is 5. The van der Waals surface area contributed by atoms with Crippen molar-refractivity contribution in [2.45, 2.75) is 45.5 Å². The molecule has 6 nitrogen and oxygen atoms in total. The van der Waals surface area contributed by atoms with Crippen molar-refractivity contribution in [3.05, 3.63) is 52.6 Å². The molecule has 1 saturated heterocycles. The molecule has 2 aliphatic heterocycles. The van der Waals surface area contributed by atoms with Crippen LogP contribution in [0.5, 0.6) is 0 Å². The zero-order valence-electron chi connectivity index (χ0n) is 15.3. The third-order valence-electron chi connectivity index (χ3n) is 5.50. The van der Waals surface area contributed by atoms with E-state index in [1.165, 1.54) is 23.2 Å². The largest absolute Gasteiger partial charge is 0.357 e. The van der Waals surface area contributed by atoms with Crippen LogP contribution in [-0.2, 0) is 17.8 Å². The molecule has 4 heterocycles. The van der Waals surface area contributed by atoms with E-state index in [1.54, 1.807) is 6.20 Å². The molecule has 7 heteroatoms. The quantitative estimate of drug-likeness (QED) is 0.697. The first-order valence-corrected chi connectivity index (χ1v) is 9.82. The average Bonchev–Trinajstić information content (AvgIpc) is 3.25. The number of aromatic nitrogens is 3. The number of imidazole rings is 1. The number of aryl methyl sites for hydroxylation is 1. The molecule has 0 aliphatic carbocycles. The number of hydrazine groups is 1. The van der Waals surface area contributed by atoms with E-state index in [0.29, 0.717) is 5.15 Å². The maximum absolute atomic E-state index is 6.12. The van der Waals surface area contributed by atoms with E-state index in [0.717, 1.165) is 49.4 Å². The van der Waals surface area contributed by atoms with Crippen molar-refractivity contribution < 1.29 is 4.74 Å². The molecular weight excluding hydrogens is 362 g/mol. The number of rotatable bonds is 3. The van der Waals surface area contributed by atoms with Gasteiger partial charge in [0.1, 0.15) is 22.7 Å². The van der Waals surface area contributed by atoms with Crippen molar-refractivity contribution in [1.29, 1.82) is 0 Å². The predicted octanol–water partition coefficient (Wildman–Crippen LogP) is 3.79. The SMILES string of the molecule is Cc1nc2cnc(Cl)cc2n1Cc1cccc2c1CNN2C1CCCCO1. The van der Waals surface area contributed by atoms with Gasteiger partial charge in [-0.15, -0.1) is 0 Å². The molecular formula is C20H22ClN5O. The summed E-state index contributed by atoms with van der Waals surface area (Å²) in [7, 11) is 0. The second-order valence-corrected chi connectivity index (χ2v) is 7.57. The summed E-state index contributed by atoms with van der Waals surface area (Å²) in [6.45, 7) is 4.44. The number of anilines is 1. The zero-order valence-corrected chi connectivity index (χ0v) is 16.0. The number of ether oxygens (including phenoxy) is 1. The third kappa shape index (κ3) is 2.98. The van der Waals surface area contributed by atoms with Crippen LogP contribution >= 0.6 is 11.6 Å². The lowest BCUT2D eigenvalue weighted by molar-refractivity contribution is 0.00928. The molecule has 1 N–H and O–H groups in total. The number of hydrogen-bond donors (Lipinski definition) is 1. The fourth-order valence-electron chi connectivity index (χ4n) is 4.13. The van der Waals surface area contributed by atoms with Crippen LogP contribution in [0.2, 0.25) is 5.15 Å². The minimum absolute atomic E-state index is 0.121. The van der Waals surface area contributed by atoms with Gasteiger partial charge >= 0.3 is 0 Å². The van der Waals surface area contributed by atoms with E-state index in [2.05, 4.69) is 43.2 Å². The van der Waals surface area contributed by atoms with Gasteiger partial charge in [-0.25, -0.2) is 15.4 Å². The van der Waals surface area contributed by atoms with Gasteiger partial charge in [0, 0.05) is 25.8 Å². The number of fused-ring (bicyclic) bond motifs is 2. The first-order valence-electron chi connectivity index (χ1n) is 9.44. The van der Waals surface area contributed by atoms with Crippen molar-refractivity contribution in [3.8, 4) is 0 Å². The molecule has 140 valence electrons. The van der Waals surface area contributed by atoms with Gasteiger partial charge in [-0.1, -0.05) is 23.7 Å². The number of nitrogens with one attached hydrogen (secondary N) is 1. The van der Waals surface area contributed by atoms with Crippen molar-refractivity contribution in [1.82, 2.24) is 20.0 Å². The number of halogens is 1. The molecule has 0 spiro atoms. The van der Waals surface area contributed by atoms with Crippen molar-refractivity contribution >= 4 is 28.3 Å². The Hall–Kier alpha value is -2.15. The summed E-state index contributed by atoms with van der Waals surface area (Å²) in [6, 6.07) is 8.39. The van der Waals surface area contributed by atoms with Crippen LogP contribution < -0.4 is 10.4 Å². The lowest BCUT2D eigenvalue weighted by Crippen LogP contribution is -2.44. The van der Waals surface area contributed by atoms with E-state index in [1.807, 2.05) is 13.0 Å². The molecule has 1 atom stereocenters. The molecule has 5 rings (SSSR count). The Bertz CT molecular complexity index is 995. The van der Waals surface area contributed by atoms with Crippen LogP contribution in [0.4, 0.5) is 5.69 Å². The lowest BCUT2D eigenvalue weighted by atomic mass is 10.1. The maximum atomic E-state index is 6.12. The van der Waals surface area contributed by atoms with E-state index in [9.17, 15) is 0 Å².